The molecule has 1 aliphatic rings. The van der Waals surface area contributed by atoms with Crippen molar-refractivity contribution in [2.24, 2.45) is 5.41 Å². The summed E-state index contributed by atoms with van der Waals surface area (Å²) >= 11 is 0. The third-order valence-corrected chi connectivity index (χ3v) is 4.23. The van der Waals surface area contributed by atoms with Crippen molar-refractivity contribution in [3.63, 3.8) is 0 Å². The number of carboxylic acids is 1. The van der Waals surface area contributed by atoms with Gasteiger partial charge in [0, 0.05) is 18.0 Å². The van der Waals surface area contributed by atoms with Gasteiger partial charge in [-0.2, -0.15) is 0 Å². The molecule has 5 nitrogen and oxygen atoms in total. The second kappa shape index (κ2) is 6.46. The summed E-state index contributed by atoms with van der Waals surface area (Å²) in [6.07, 6.45) is 4.98. The molecule has 0 aromatic rings. The Labute approximate surface area is 121 Å². The average molecular weight is 284 g/mol. The van der Waals surface area contributed by atoms with Gasteiger partial charge in [0.1, 0.15) is 0 Å². The molecule has 2 amide bonds. The molecule has 1 rings (SSSR count). The first-order chi connectivity index (χ1) is 9.12. The van der Waals surface area contributed by atoms with E-state index in [4.69, 9.17) is 5.11 Å². The highest BCUT2D eigenvalue weighted by atomic mass is 16.4. The zero-order valence-corrected chi connectivity index (χ0v) is 13.1. The molecule has 0 aromatic heterocycles. The van der Waals surface area contributed by atoms with E-state index in [0.29, 0.717) is 6.42 Å². The number of carbonyl (C=O) groups is 2. The Morgan fingerprint density at radius 3 is 2.50 bits per heavy atom. The maximum absolute atomic E-state index is 12.1. The lowest BCUT2D eigenvalue weighted by Gasteiger charge is -2.39. The second-order valence-electron chi connectivity index (χ2n) is 7.16. The number of aliphatic carboxylic acids is 1. The van der Waals surface area contributed by atoms with Gasteiger partial charge >= 0.3 is 12.0 Å². The molecule has 3 N–H and O–H groups in total. The Hall–Kier alpha value is -1.26. The van der Waals surface area contributed by atoms with Crippen molar-refractivity contribution in [2.75, 3.05) is 0 Å². The van der Waals surface area contributed by atoms with Crippen molar-refractivity contribution >= 4 is 12.0 Å². The Balaban J connectivity index is 2.48. The second-order valence-corrected chi connectivity index (χ2v) is 7.16. The van der Waals surface area contributed by atoms with Crippen LogP contribution >= 0.6 is 0 Å². The predicted molar refractivity (Wildman–Crippen MR) is 78.7 cm³/mol. The molecule has 1 unspecified atom stereocenters. The first-order valence-corrected chi connectivity index (χ1v) is 7.43. The minimum Gasteiger partial charge on any atom is -0.481 e. The van der Waals surface area contributed by atoms with Crippen LogP contribution in [0, 0.1) is 5.41 Å². The van der Waals surface area contributed by atoms with Crippen molar-refractivity contribution in [3.8, 4) is 0 Å². The van der Waals surface area contributed by atoms with E-state index in [1.165, 1.54) is 6.42 Å². The van der Waals surface area contributed by atoms with Gasteiger partial charge < -0.3 is 15.7 Å². The smallest absolute Gasteiger partial charge is 0.315 e. The monoisotopic (exact) mass is 284 g/mol. The van der Waals surface area contributed by atoms with Crippen LogP contribution in [0.25, 0.3) is 0 Å². The lowest BCUT2D eigenvalue weighted by molar-refractivity contribution is -0.137. The van der Waals surface area contributed by atoms with Crippen molar-refractivity contribution in [1.82, 2.24) is 10.6 Å². The highest BCUT2D eigenvalue weighted by molar-refractivity contribution is 5.75. The zero-order chi connectivity index (χ0) is 15.4. The Bertz CT molecular complexity index is 364. The van der Waals surface area contributed by atoms with Crippen LogP contribution in [0.3, 0.4) is 0 Å². The van der Waals surface area contributed by atoms with Crippen LogP contribution in [-0.4, -0.2) is 28.7 Å². The van der Waals surface area contributed by atoms with Gasteiger partial charge in [0.15, 0.2) is 0 Å². The molecule has 5 heteroatoms. The van der Waals surface area contributed by atoms with Crippen molar-refractivity contribution in [3.05, 3.63) is 0 Å². The molecule has 1 fully saturated rings. The number of amides is 2. The quantitative estimate of drug-likeness (QED) is 0.726. The lowest BCUT2D eigenvalue weighted by Crippen LogP contribution is -2.55. The van der Waals surface area contributed by atoms with Gasteiger partial charge in [-0.25, -0.2) is 4.79 Å². The van der Waals surface area contributed by atoms with E-state index < -0.39 is 11.5 Å². The molecular formula is C15H28N2O3. The van der Waals surface area contributed by atoms with Crippen molar-refractivity contribution in [1.29, 1.82) is 0 Å². The summed E-state index contributed by atoms with van der Waals surface area (Å²) in [5.74, 6) is -0.839. The van der Waals surface area contributed by atoms with E-state index in [2.05, 4.69) is 24.5 Å². The molecule has 0 spiro atoms. The molecule has 0 bridgehead atoms. The number of urea groups is 1. The minimum absolute atomic E-state index is 0.0577. The summed E-state index contributed by atoms with van der Waals surface area (Å²) in [4.78, 5) is 22.7. The third kappa shape index (κ3) is 5.39. The van der Waals surface area contributed by atoms with Gasteiger partial charge in [0.05, 0.1) is 0 Å². The van der Waals surface area contributed by atoms with E-state index >= 15 is 0 Å². The summed E-state index contributed by atoms with van der Waals surface area (Å²) in [6, 6.07) is -0.00751. The number of carboxylic acid groups (broad SMARTS) is 1. The molecule has 20 heavy (non-hydrogen) atoms. The van der Waals surface area contributed by atoms with Crippen LogP contribution in [0.4, 0.5) is 4.79 Å². The molecule has 0 heterocycles. The zero-order valence-electron chi connectivity index (χ0n) is 13.1. The SMILES string of the molecule is CC(C)(CCC(=O)O)NC(=O)NC1CCCCC1(C)C. The van der Waals surface area contributed by atoms with E-state index in [0.717, 1.165) is 19.3 Å². The number of carbonyl (C=O) groups excluding carboxylic acids is 1. The summed E-state index contributed by atoms with van der Waals surface area (Å²) in [7, 11) is 0. The molecule has 1 saturated carbocycles. The highest BCUT2D eigenvalue weighted by Gasteiger charge is 2.34. The molecule has 1 aliphatic carbocycles. The van der Waals surface area contributed by atoms with E-state index in [1.54, 1.807) is 0 Å². The number of hydrogen-bond donors (Lipinski definition) is 3. The Kier molecular flexibility index (Phi) is 5.42. The highest BCUT2D eigenvalue weighted by Crippen LogP contribution is 2.35. The first kappa shape index (κ1) is 16.8. The maximum Gasteiger partial charge on any atom is 0.315 e. The van der Waals surface area contributed by atoms with Gasteiger partial charge in [-0.05, 0) is 38.5 Å². The third-order valence-electron chi connectivity index (χ3n) is 4.23. The summed E-state index contributed by atoms with van der Waals surface area (Å²) in [6.45, 7) is 8.07. The van der Waals surface area contributed by atoms with Crippen molar-refractivity contribution in [2.45, 2.75) is 77.8 Å². The predicted octanol–water partition coefficient (Wildman–Crippen LogP) is 2.90. The fourth-order valence-corrected chi connectivity index (χ4v) is 2.75. The van der Waals surface area contributed by atoms with Gasteiger partial charge in [-0.15, -0.1) is 0 Å². The normalized spacial score (nSPS) is 22.1. The van der Waals surface area contributed by atoms with Crippen LogP contribution in [-0.2, 0) is 4.79 Å². The Morgan fingerprint density at radius 1 is 1.30 bits per heavy atom. The Morgan fingerprint density at radius 2 is 1.95 bits per heavy atom. The summed E-state index contributed by atoms with van der Waals surface area (Å²) in [5.41, 5.74) is -0.387. The molecule has 0 radical (unpaired) electrons. The molecular weight excluding hydrogens is 256 g/mol. The average Bonchev–Trinajstić information content (AvgIpc) is 2.29. The molecule has 1 atom stereocenters. The van der Waals surface area contributed by atoms with Crippen molar-refractivity contribution < 1.29 is 14.7 Å². The van der Waals surface area contributed by atoms with Gasteiger partial charge in [-0.1, -0.05) is 26.7 Å². The number of hydrogen-bond acceptors (Lipinski definition) is 2. The molecule has 0 aromatic carbocycles. The van der Waals surface area contributed by atoms with E-state index in [9.17, 15) is 9.59 Å². The lowest BCUT2D eigenvalue weighted by atomic mass is 9.73. The van der Waals surface area contributed by atoms with Gasteiger partial charge in [-0.3, -0.25) is 4.79 Å². The first-order valence-electron chi connectivity index (χ1n) is 7.43. The minimum atomic E-state index is -0.839. The van der Waals surface area contributed by atoms with E-state index in [1.807, 2.05) is 13.8 Å². The molecule has 0 aliphatic heterocycles. The standard InChI is InChI=1S/C15H28N2O3/c1-14(2)9-6-5-7-11(14)16-13(20)17-15(3,4)10-8-12(18)19/h11H,5-10H2,1-4H3,(H,18,19)(H2,16,17,20). The van der Waals surface area contributed by atoms with Crippen LogP contribution in [0.1, 0.15) is 66.2 Å². The fraction of sp³-hybridized carbons (Fsp3) is 0.867. The van der Waals surface area contributed by atoms with Crippen LogP contribution in [0.5, 0.6) is 0 Å². The maximum atomic E-state index is 12.1. The number of rotatable bonds is 5. The number of nitrogens with one attached hydrogen (secondary N) is 2. The molecule has 0 saturated heterocycles. The van der Waals surface area contributed by atoms with Gasteiger partial charge in [0.25, 0.3) is 0 Å². The molecule has 116 valence electrons. The summed E-state index contributed by atoms with van der Waals surface area (Å²) < 4.78 is 0. The van der Waals surface area contributed by atoms with Crippen LogP contribution in [0.2, 0.25) is 0 Å². The van der Waals surface area contributed by atoms with Crippen LogP contribution in [0.15, 0.2) is 0 Å². The topological polar surface area (TPSA) is 78.4 Å². The van der Waals surface area contributed by atoms with Gasteiger partial charge in [0.2, 0.25) is 0 Å². The van der Waals surface area contributed by atoms with E-state index in [-0.39, 0.29) is 23.9 Å². The summed E-state index contributed by atoms with van der Waals surface area (Å²) in [5, 5.41) is 14.7. The van der Waals surface area contributed by atoms with Crippen LogP contribution < -0.4 is 10.6 Å². The fourth-order valence-electron chi connectivity index (χ4n) is 2.75. The largest absolute Gasteiger partial charge is 0.481 e.